The van der Waals surface area contributed by atoms with E-state index in [9.17, 15) is 0 Å². The molecular weight excluding hydrogens is 214 g/mol. The molecule has 1 aliphatic rings. The molecule has 0 bridgehead atoms. The van der Waals surface area contributed by atoms with Crippen LogP contribution in [0.5, 0.6) is 0 Å². The molecule has 5 heteroatoms. The summed E-state index contributed by atoms with van der Waals surface area (Å²) in [6.07, 6.45) is 4.37. The number of aromatic nitrogens is 3. The Hall–Kier alpha value is -0.940. The summed E-state index contributed by atoms with van der Waals surface area (Å²) in [6.45, 7) is 9.34. The fraction of sp³-hybridized carbons (Fsp3) is 0.833. The molecule has 2 rings (SSSR count). The van der Waals surface area contributed by atoms with Gasteiger partial charge < -0.3 is 5.73 Å². The van der Waals surface area contributed by atoms with E-state index in [0.717, 1.165) is 31.7 Å². The number of piperidine rings is 1. The summed E-state index contributed by atoms with van der Waals surface area (Å²) in [6, 6.07) is 0.321. The van der Waals surface area contributed by atoms with E-state index < -0.39 is 0 Å². The summed E-state index contributed by atoms with van der Waals surface area (Å²) < 4.78 is 1.92. The summed E-state index contributed by atoms with van der Waals surface area (Å²) in [5.41, 5.74) is 7.01. The van der Waals surface area contributed by atoms with Crippen LogP contribution in [0, 0.1) is 0 Å². The molecule has 2 N–H and O–H groups in total. The van der Waals surface area contributed by atoms with Gasteiger partial charge in [0.1, 0.15) is 0 Å². The van der Waals surface area contributed by atoms with Crippen LogP contribution in [0.3, 0.4) is 0 Å². The maximum Gasteiger partial charge on any atom is 0.0967 e. The number of nitrogens with zero attached hydrogens (tertiary/aromatic N) is 4. The lowest BCUT2D eigenvalue weighted by Crippen LogP contribution is -2.42. The van der Waals surface area contributed by atoms with E-state index in [-0.39, 0.29) is 5.54 Å². The zero-order chi connectivity index (χ0) is 12.5. The van der Waals surface area contributed by atoms with Crippen LogP contribution in [-0.2, 0) is 12.1 Å². The third-order valence-electron chi connectivity index (χ3n) is 3.16. The van der Waals surface area contributed by atoms with Crippen LogP contribution in [0.15, 0.2) is 6.20 Å². The second-order valence-electron chi connectivity index (χ2n) is 5.96. The number of nitrogens with two attached hydrogens (primary N) is 1. The van der Waals surface area contributed by atoms with E-state index in [1.165, 1.54) is 6.42 Å². The Morgan fingerprint density at radius 2 is 2.24 bits per heavy atom. The van der Waals surface area contributed by atoms with Crippen molar-refractivity contribution in [1.29, 1.82) is 0 Å². The molecule has 2 heterocycles. The topological polar surface area (TPSA) is 60.0 Å². The normalized spacial score (nSPS) is 22.9. The van der Waals surface area contributed by atoms with Gasteiger partial charge >= 0.3 is 0 Å². The van der Waals surface area contributed by atoms with Gasteiger partial charge in [-0.25, -0.2) is 4.68 Å². The van der Waals surface area contributed by atoms with Gasteiger partial charge in [-0.15, -0.1) is 5.10 Å². The van der Waals surface area contributed by atoms with Gasteiger partial charge in [0, 0.05) is 19.1 Å². The SMILES string of the molecule is CC(C)(C)n1cc(CN2CCCC(N)C2)nn1. The summed E-state index contributed by atoms with van der Waals surface area (Å²) >= 11 is 0. The van der Waals surface area contributed by atoms with Gasteiger partial charge in [-0.2, -0.15) is 0 Å². The smallest absolute Gasteiger partial charge is 0.0967 e. The maximum absolute atomic E-state index is 5.97. The molecule has 1 aromatic rings. The average Bonchev–Trinajstić information content (AvgIpc) is 2.65. The summed E-state index contributed by atoms with van der Waals surface area (Å²) in [7, 11) is 0. The standard InChI is InChI=1S/C12H23N5/c1-12(2,3)17-9-11(14-15-17)8-16-6-4-5-10(13)7-16/h9-10H,4-8,13H2,1-3H3. The molecule has 1 fully saturated rings. The van der Waals surface area contributed by atoms with Crippen molar-refractivity contribution >= 4 is 0 Å². The minimum absolute atomic E-state index is 0.00352. The summed E-state index contributed by atoms with van der Waals surface area (Å²) in [4.78, 5) is 2.37. The first-order valence-electron chi connectivity index (χ1n) is 6.35. The van der Waals surface area contributed by atoms with Crippen LogP contribution in [0.2, 0.25) is 0 Å². The van der Waals surface area contributed by atoms with E-state index in [2.05, 4.69) is 36.0 Å². The zero-order valence-corrected chi connectivity index (χ0v) is 11.1. The molecule has 0 aliphatic carbocycles. The highest BCUT2D eigenvalue weighted by molar-refractivity contribution is 4.95. The van der Waals surface area contributed by atoms with Crippen LogP contribution in [0.25, 0.3) is 0 Å². The molecule has 1 aliphatic heterocycles. The maximum atomic E-state index is 5.97. The largest absolute Gasteiger partial charge is 0.327 e. The van der Waals surface area contributed by atoms with Crippen LogP contribution in [-0.4, -0.2) is 39.0 Å². The van der Waals surface area contributed by atoms with Gasteiger partial charge in [0.2, 0.25) is 0 Å². The first-order valence-corrected chi connectivity index (χ1v) is 6.35. The highest BCUT2D eigenvalue weighted by Crippen LogP contribution is 2.14. The minimum atomic E-state index is 0.00352. The Kier molecular flexibility index (Phi) is 3.49. The van der Waals surface area contributed by atoms with Crippen molar-refractivity contribution in [2.24, 2.45) is 5.73 Å². The predicted molar refractivity (Wildman–Crippen MR) is 67.5 cm³/mol. The van der Waals surface area contributed by atoms with E-state index in [4.69, 9.17) is 5.73 Å². The second kappa shape index (κ2) is 4.74. The fourth-order valence-corrected chi connectivity index (χ4v) is 2.16. The second-order valence-corrected chi connectivity index (χ2v) is 5.96. The van der Waals surface area contributed by atoms with Gasteiger partial charge in [-0.3, -0.25) is 4.90 Å². The van der Waals surface area contributed by atoms with Crippen LogP contribution >= 0.6 is 0 Å². The lowest BCUT2D eigenvalue weighted by Gasteiger charge is -2.29. The number of hydrogen-bond acceptors (Lipinski definition) is 4. The van der Waals surface area contributed by atoms with Crippen molar-refractivity contribution in [3.8, 4) is 0 Å². The highest BCUT2D eigenvalue weighted by Gasteiger charge is 2.19. The molecule has 0 saturated carbocycles. The summed E-state index contributed by atoms with van der Waals surface area (Å²) in [5, 5.41) is 8.41. The van der Waals surface area contributed by atoms with Crippen molar-refractivity contribution in [3.63, 3.8) is 0 Å². The molecule has 1 unspecified atom stereocenters. The van der Waals surface area contributed by atoms with Gasteiger partial charge in [0.05, 0.1) is 17.4 Å². The van der Waals surface area contributed by atoms with Crippen molar-refractivity contribution in [3.05, 3.63) is 11.9 Å². The number of likely N-dealkylation sites (tertiary alicyclic amines) is 1. The lowest BCUT2D eigenvalue weighted by atomic mass is 10.1. The molecule has 17 heavy (non-hydrogen) atoms. The monoisotopic (exact) mass is 237 g/mol. The molecule has 0 aromatic carbocycles. The third kappa shape index (κ3) is 3.26. The van der Waals surface area contributed by atoms with Crippen molar-refractivity contribution in [2.45, 2.75) is 51.7 Å². The van der Waals surface area contributed by atoms with Gasteiger partial charge in [-0.05, 0) is 40.2 Å². The van der Waals surface area contributed by atoms with E-state index in [0.29, 0.717) is 6.04 Å². The molecule has 0 amide bonds. The first-order chi connectivity index (χ1) is 7.95. The molecule has 96 valence electrons. The Labute approximate surface area is 103 Å². The Morgan fingerprint density at radius 3 is 2.82 bits per heavy atom. The molecule has 0 spiro atoms. The Balaban J connectivity index is 1.97. The molecule has 1 aromatic heterocycles. The van der Waals surface area contributed by atoms with Gasteiger partial charge in [0.15, 0.2) is 0 Å². The van der Waals surface area contributed by atoms with Gasteiger partial charge in [-0.1, -0.05) is 5.21 Å². The number of hydrogen-bond donors (Lipinski definition) is 1. The van der Waals surface area contributed by atoms with E-state index in [1.807, 2.05) is 10.9 Å². The Bertz CT molecular complexity index is 365. The van der Waals surface area contributed by atoms with E-state index >= 15 is 0 Å². The average molecular weight is 237 g/mol. The quantitative estimate of drug-likeness (QED) is 0.832. The van der Waals surface area contributed by atoms with Crippen molar-refractivity contribution in [1.82, 2.24) is 19.9 Å². The van der Waals surface area contributed by atoms with Crippen molar-refractivity contribution in [2.75, 3.05) is 13.1 Å². The fourth-order valence-electron chi connectivity index (χ4n) is 2.16. The molecule has 0 radical (unpaired) electrons. The van der Waals surface area contributed by atoms with Crippen LogP contribution in [0.1, 0.15) is 39.3 Å². The minimum Gasteiger partial charge on any atom is -0.327 e. The number of rotatable bonds is 2. The van der Waals surface area contributed by atoms with Crippen LogP contribution in [0.4, 0.5) is 0 Å². The molecule has 1 saturated heterocycles. The first kappa shape index (κ1) is 12.5. The Morgan fingerprint density at radius 1 is 1.47 bits per heavy atom. The summed E-state index contributed by atoms with van der Waals surface area (Å²) in [5.74, 6) is 0. The zero-order valence-electron chi connectivity index (χ0n) is 11.1. The third-order valence-corrected chi connectivity index (χ3v) is 3.16. The van der Waals surface area contributed by atoms with E-state index in [1.54, 1.807) is 0 Å². The van der Waals surface area contributed by atoms with Gasteiger partial charge in [0.25, 0.3) is 0 Å². The molecular formula is C12H23N5. The lowest BCUT2D eigenvalue weighted by molar-refractivity contribution is 0.199. The molecule has 5 nitrogen and oxygen atoms in total. The van der Waals surface area contributed by atoms with Crippen LogP contribution < -0.4 is 5.73 Å². The predicted octanol–water partition coefficient (Wildman–Crippen LogP) is 0.956. The highest BCUT2D eigenvalue weighted by atomic mass is 15.4. The van der Waals surface area contributed by atoms with Crippen molar-refractivity contribution < 1.29 is 0 Å². The molecule has 1 atom stereocenters.